The summed E-state index contributed by atoms with van der Waals surface area (Å²) in [6, 6.07) is 4.78. The van der Waals surface area contributed by atoms with E-state index in [0.29, 0.717) is 28.9 Å². The lowest BCUT2D eigenvalue weighted by Crippen LogP contribution is -2.31. The molecule has 1 aromatic carbocycles. The fraction of sp³-hybridized carbons (Fsp3) is 0.538. The van der Waals surface area contributed by atoms with Crippen molar-refractivity contribution < 1.29 is 4.39 Å². The Kier molecular flexibility index (Phi) is 6.24. The number of alkyl halides is 1. The van der Waals surface area contributed by atoms with Crippen LogP contribution in [-0.2, 0) is 6.54 Å². The molecule has 0 aliphatic heterocycles. The first kappa shape index (κ1) is 14.7. The van der Waals surface area contributed by atoms with Gasteiger partial charge in [-0.25, -0.2) is 4.39 Å². The minimum absolute atomic E-state index is 0.204. The summed E-state index contributed by atoms with van der Waals surface area (Å²) in [7, 11) is 0. The van der Waals surface area contributed by atoms with E-state index < -0.39 is 0 Å². The summed E-state index contributed by atoms with van der Waals surface area (Å²) >= 11 is 11.7. The summed E-state index contributed by atoms with van der Waals surface area (Å²) in [5, 5.41) is 3.80. The average molecular weight is 278 g/mol. The number of rotatable bonds is 6. The summed E-state index contributed by atoms with van der Waals surface area (Å²) in [5.41, 5.74) is 0.580. The molecular formula is C13H18Cl2FN. The van der Waals surface area contributed by atoms with E-state index in [2.05, 4.69) is 19.2 Å². The van der Waals surface area contributed by atoms with Crippen LogP contribution in [0.25, 0.3) is 0 Å². The number of halogens is 3. The lowest BCUT2D eigenvalue weighted by Gasteiger charge is -2.18. The van der Waals surface area contributed by atoms with Gasteiger partial charge in [0.05, 0.1) is 0 Å². The predicted octanol–water partition coefficient (Wildman–Crippen LogP) is 4.22. The second kappa shape index (κ2) is 7.20. The molecule has 1 aromatic rings. The Morgan fingerprint density at radius 3 is 2.65 bits per heavy atom. The molecule has 0 spiro atoms. The lowest BCUT2D eigenvalue weighted by molar-refractivity contribution is 0.440. The minimum atomic E-state index is -0.236. The molecule has 1 rings (SSSR count). The van der Waals surface area contributed by atoms with Crippen molar-refractivity contribution in [3.05, 3.63) is 34.6 Å². The Labute approximate surface area is 112 Å². The van der Waals surface area contributed by atoms with Gasteiger partial charge in [0.25, 0.3) is 0 Å². The highest BCUT2D eigenvalue weighted by molar-refractivity contribution is 6.30. The third-order valence-electron chi connectivity index (χ3n) is 2.53. The van der Waals surface area contributed by atoms with E-state index in [1.54, 1.807) is 12.1 Å². The zero-order valence-corrected chi connectivity index (χ0v) is 11.7. The minimum Gasteiger partial charge on any atom is -0.309 e. The quantitative estimate of drug-likeness (QED) is 0.768. The van der Waals surface area contributed by atoms with Crippen LogP contribution < -0.4 is 5.32 Å². The largest absolute Gasteiger partial charge is 0.309 e. The molecule has 0 saturated carbocycles. The Hall–Kier alpha value is -0.310. The van der Waals surface area contributed by atoms with Gasteiger partial charge in [-0.15, -0.1) is 11.6 Å². The van der Waals surface area contributed by atoms with Crippen LogP contribution in [0.1, 0.15) is 25.8 Å². The Morgan fingerprint density at radius 2 is 2.06 bits per heavy atom. The van der Waals surface area contributed by atoms with E-state index in [1.165, 1.54) is 6.07 Å². The molecule has 1 unspecified atom stereocenters. The van der Waals surface area contributed by atoms with Gasteiger partial charge in [-0.3, -0.25) is 0 Å². The van der Waals surface area contributed by atoms with Gasteiger partial charge in [-0.05, 0) is 30.5 Å². The molecule has 0 saturated heterocycles. The van der Waals surface area contributed by atoms with Crippen molar-refractivity contribution in [1.29, 1.82) is 0 Å². The van der Waals surface area contributed by atoms with Crippen LogP contribution in [0.4, 0.5) is 4.39 Å². The predicted molar refractivity (Wildman–Crippen MR) is 72.2 cm³/mol. The van der Waals surface area contributed by atoms with Crippen molar-refractivity contribution in [3.63, 3.8) is 0 Å². The topological polar surface area (TPSA) is 12.0 Å². The fourth-order valence-corrected chi connectivity index (χ4v) is 2.13. The van der Waals surface area contributed by atoms with Gasteiger partial charge in [-0.1, -0.05) is 25.4 Å². The molecule has 0 bridgehead atoms. The zero-order chi connectivity index (χ0) is 12.8. The van der Waals surface area contributed by atoms with Crippen LogP contribution in [0.5, 0.6) is 0 Å². The average Bonchev–Trinajstić information content (AvgIpc) is 2.28. The number of hydrogen-bond donors (Lipinski definition) is 1. The summed E-state index contributed by atoms with van der Waals surface area (Å²) in [6.07, 6.45) is 0.978. The highest BCUT2D eigenvalue weighted by atomic mass is 35.5. The van der Waals surface area contributed by atoms with Crippen LogP contribution in [0.15, 0.2) is 18.2 Å². The second-order valence-corrected chi connectivity index (χ2v) is 5.34. The van der Waals surface area contributed by atoms with Gasteiger partial charge in [0.2, 0.25) is 0 Å². The molecular weight excluding hydrogens is 260 g/mol. The maximum Gasteiger partial charge on any atom is 0.127 e. The molecule has 0 amide bonds. The van der Waals surface area contributed by atoms with Crippen LogP contribution in [-0.4, -0.2) is 11.9 Å². The van der Waals surface area contributed by atoms with Crippen molar-refractivity contribution in [2.45, 2.75) is 32.9 Å². The first-order valence-electron chi connectivity index (χ1n) is 5.76. The molecule has 0 radical (unpaired) electrons. The van der Waals surface area contributed by atoms with E-state index in [-0.39, 0.29) is 11.9 Å². The molecule has 0 aromatic heterocycles. The molecule has 96 valence electrons. The number of nitrogens with one attached hydrogen (secondary N) is 1. The standard InChI is InChI=1S/C13H18Cl2FN/c1-9(2)5-12(7-14)17-8-10-6-11(15)3-4-13(10)16/h3-4,6,9,12,17H,5,7-8H2,1-2H3. The van der Waals surface area contributed by atoms with Crippen LogP contribution in [0.2, 0.25) is 5.02 Å². The lowest BCUT2D eigenvalue weighted by atomic mass is 10.0. The maximum atomic E-state index is 13.5. The zero-order valence-electron chi connectivity index (χ0n) is 10.1. The first-order valence-corrected chi connectivity index (χ1v) is 6.67. The number of benzene rings is 1. The third kappa shape index (κ3) is 5.24. The van der Waals surface area contributed by atoms with E-state index in [9.17, 15) is 4.39 Å². The Morgan fingerprint density at radius 1 is 1.35 bits per heavy atom. The fourth-order valence-electron chi connectivity index (χ4n) is 1.70. The summed E-state index contributed by atoms with van der Waals surface area (Å²) in [4.78, 5) is 0. The van der Waals surface area contributed by atoms with E-state index in [1.807, 2.05) is 0 Å². The van der Waals surface area contributed by atoms with Gasteiger partial charge in [0.15, 0.2) is 0 Å². The maximum absolute atomic E-state index is 13.5. The number of hydrogen-bond acceptors (Lipinski definition) is 1. The molecule has 17 heavy (non-hydrogen) atoms. The summed E-state index contributed by atoms with van der Waals surface area (Å²) in [6.45, 7) is 4.74. The van der Waals surface area contributed by atoms with E-state index in [0.717, 1.165) is 6.42 Å². The monoisotopic (exact) mass is 277 g/mol. The van der Waals surface area contributed by atoms with E-state index >= 15 is 0 Å². The Balaban J connectivity index is 2.56. The molecule has 4 heteroatoms. The van der Waals surface area contributed by atoms with E-state index in [4.69, 9.17) is 23.2 Å². The van der Waals surface area contributed by atoms with Gasteiger partial charge < -0.3 is 5.32 Å². The smallest absolute Gasteiger partial charge is 0.127 e. The molecule has 1 nitrogen and oxygen atoms in total. The second-order valence-electron chi connectivity index (χ2n) is 4.60. The SMILES string of the molecule is CC(C)CC(CCl)NCc1cc(Cl)ccc1F. The van der Waals surface area contributed by atoms with Gasteiger partial charge in [-0.2, -0.15) is 0 Å². The summed E-state index contributed by atoms with van der Waals surface area (Å²) < 4.78 is 13.5. The van der Waals surface area contributed by atoms with Crippen molar-refractivity contribution in [3.8, 4) is 0 Å². The van der Waals surface area contributed by atoms with Crippen molar-refractivity contribution in [1.82, 2.24) is 5.32 Å². The van der Waals surface area contributed by atoms with Crippen LogP contribution in [0, 0.1) is 11.7 Å². The van der Waals surface area contributed by atoms with Gasteiger partial charge in [0, 0.05) is 29.1 Å². The molecule has 0 aliphatic carbocycles. The molecule has 0 aliphatic rings. The van der Waals surface area contributed by atoms with Gasteiger partial charge >= 0.3 is 0 Å². The molecule has 0 heterocycles. The third-order valence-corrected chi connectivity index (χ3v) is 3.14. The molecule has 1 atom stereocenters. The van der Waals surface area contributed by atoms with Crippen molar-refractivity contribution in [2.24, 2.45) is 5.92 Å². The first-order chi connectivity index (χ1) is 8.02. The summed E-state index contributed by atoms with van der Waals surface area (Å²) in [5.74, 6) is 0.857. The Bertz CT molecular complexity index is 355. The van der Waals surface area contributed by atoms with Gasteiger partial charge in [0.1, 0.15) is 5.82 Å². The van der Waals surface area contributed by atoms with Crippen molar-refractivity contribution >= 4 is 23.2 Å². The van der Waals surface area contributed by atoms with Crippen LogP contribution >= 0.6 is 23.2 Å². The highest BCUT2D eigenvalue weighted by Crippen LogP contribution is 2.15. The normalized spacial score (nSPS) is 13.1. The van der Waals surface area contributed by atoms with Crippen LogP contribution in [0.3, 0.4) is 0 Å². The van der Waals surface area contributed by atoms with Crippen molar-refractivity contribution in [2.75, 3.05) is 5.88 Å². The molecule has 1 N–H and O–H groups in total. The highest BCUT2D eigenvalue weighted by Gasteiger charge is 2.10. The molecule has 0 fully saturated rings.